The fourth-order valence-electron chi connectivity index (χ4n) is 2.17. The Kier molecular flexibility index (Phi) is 2.23. The van der Waals surface area contributed by atoms with E-state index in [9.17, 15) is 5.11 Å². The highest BCUT2D eigenvalue weighted by Crippen LogP contribution is 2.39. The summed E-state index contributed by atoms with van der Waals surface area (Å²) in [4.78, 5) is 0. The van der Waals surface area contributed by atoms with Crippen molar-refractivity contribution in [2.24, 2.45) is 0 Å². The first kappa shape index (κ1) is 9.53. The first-order chi connectivity index (χ1) is 6.69. The molecule has 0 aromatic heterocycles. The number of aliphatic hydroxyl groups is 1. The number of hydrogen-bond acceptors (Lipinski definition) is 2. The van der Waals surface area contributed by atoms with E-state index in [0.717, 1.165) is 18.6 Å². The van der Waals surface area contributed by atoms with E-state index in [1.807, 2.05) is 6.07 Å². The Hall–Kier alpha value is -1.02. The summed E-state index contributed by atoms with van der Waals surface area (Å²) >= 11 is 0. The highest BCUT2D eigenvalue weighted by Gasteiger charge is 2.33. The molecule has 1 aromatic carbocycles. The van der Waals surface area contributed by atoms with Crippen LogP contribution in [0.1, 0.15) is 24.5 Å². The van der Waals surface area contributed by atoms with Gasteiger partial charge in [0.05, 0.1) is 13.7 Å². The first-order valence-electron chi connectivity index (χ1n) is 4.98. The molecule has 2 rings (SSSR count). The fourth-order valence-corrected chi connectivity index (χ4v) is 2.17. The summed E-state index contributed by atoms with van der Waals surface area (Å²) in [6, 6.07) is 6.15. The quantitative estimate of drug-likeness (QED) is 0.775. The Labute approximate surface area is 84.5 Å². The molecule has 2 heteroatoms. The maximum atomic E-state index is 9.39. The minimum atomic E-state index is -0.0656. The van der Waals surface area contributed by atoms with E-state index in [0.29, 0.717) is 0 Å². The van der Waals surface area contributed by atoms with Crippen LogP contribution >= 0.6 is 0 Å². The zero-order chi connectivity index (χ0) is 10.2. The SMILES string of the molecule is COc1ccc2c(c1)[C@](C)(CO)CC2. The van der Waals surface area contributed by atoms with Crippen molar-refractivity contribution >= 4 is 0 Å². The van der Waals surface area contributed by atoms with Crippen LogP contribution in [0.5, 0.6) is 5.75 Å². The lowest BCUT2D eigenvalue weighted by atomic mass is 9.85. The molecule has 0 saturated carbocycles. The third-order valence-corrected chi connectivity index (χ3v) is 3.26. The normalized spacial score (nSPS) is 24.8. The van der Waals surface area contributed by atoms with E-state index in [-0.39, 0.29) is 12.0 Å². The van der Waals surface area contributed by atoms with Crippen molar-refractivity contribution in [2.45, 2.75) is 25.2 Å². The molecule has 1 aromatic rings. The second-order valence-corrected chi connectivity index (χ2v) is 4.24. The number of ether oxygens (including phenoxy) is 1. The fraction of sp³-hybridized carbons (Fsp3) is 0.500. The molecular weight excluding hydrogens is 176 g/mol. The van der Waals surface area contributed by atoms with Gasteiger partial charge in [-0.2, -0.15) is 0 Å². The summed E-state index contributed by atoms with van der Waals surface area (Å²) in [5, 5.41) is 9.39. The third-order valence-electron chi connectivity index (χ3n) is 3.26. The number of benzene rings is 1. The Balaban J connectivity index is 2.47. The van der Waals surface area contributed by atoms with Crippen molar-refractivity contribution in [1.29, 1.82) is 0 Å². The summed E-state index contributed by atoms with van der Waals surface area (Å²) in [5.74, 6) is 0.880. The van der Waals surface area contributed by atoms with Crippen molar-refractivity contribution in [2.75, 3.05) is 13.7 Å². The minimum Gasteiger partial charge on any atom is -0.497 e. The van der Waals surface area contributed by atoms with E-state index in [1.165, 1.54) is 11.1 Å². The largest absolute Gasteiger partial charge is 0.497 e. The van der Waals surface area contributed by atoms with E-state index < -0.39 is 0 Å². The summed E-state index contributed by atoms with van der Waals surface area (Å²) in [7, 11) is 1.67. The number of hydrogen-bond donors (Lipinski definition) is 1. The van der Waals surface area contributed by atoms with Crippen LogP contribution in [0.2, 0.25) is 0 Å². The van der Waals surface area contributed by atoms with Crippen LogP contribution in [0, 0.1) is 0 Å². The molecule has 2 nitrogen and oxygen atoms in total. The van der Waals surface area contributed by atoms with Crippen LogP contribution in [0.25, 0.3) is 0 Å². The Morgan fingerprint density at radius 1 is 1.50 bits per heavy atom. The number of aliphatic hydroxyl groups excluding tert-OH is 1. The lowest BCUT2D eigenvalue weighted by molar-refractivity contribution is 0.205. The molecular formula is C12H16O2. The molecule has 14 heavy (non-hydrogen) atoms. The first-order valence-corrected chi connectivity index (χ1v) is 4.98. The Morgan fingerprint density at radius 3 is 2.93 bits per heavy atom. The predicted molar refractivity (Wildman–Crippen MR) is 55.8 cm³/mol. The van der Waals surface area contributed by atoms with Gasteiger partial charge in [-0.1, -0.05) is 13.0 Å². The molecule has 76 valence electrons. The second-order valence-electron chi connectivity index (χ2n) is 4.24. The highest BCUT2D eigenvalue weighted by molar-refractivity contribution is 5.44. The van der Waals surface area contributed by atoms with Crippen LogP contribution < -0.4 is 4.74 Å². The summed E-state index contributed by atoms with van der Waals surface area (Å²) < 4.78 is 5.20. The van der Waals surface area contributed by atoms with Crippen LogP contribution in [0.3, 0.4) is 0 Å². The van der Waals surface area contributed by atoms with Crippen molar-refractivity contribution in [3.05, 3.63) is 29.3 Å². The summed E-state index contributed by atoms with van der Waals surface area (Å²) in [5.41, 5.74) is 2.53. The molecule has 1 aliphatic carbocycles. The topological polar surface area (TPSA) is 29.5 Å². The molecule has 0 unspecified atom stereocenters. The van der Waals surface area contributed by atoms with Gasteiger partial charge in [0.2, 0.25) is 0 Å². The average molecular weight is 192 g/mol. The molecule has 0 radical (unpaired) electrons. The smallest absolute Gasteiger partial charge is 0.119 e. The molecule has 0 spiro atoms. The Morgan fingerprint density at radius 2 is 2.29 bits per heavy atom. The summed E-state index contributed by atoms with van der Waals surface area (Å²) in [6.07, 6.45) is 2.10. The van der Waals surface area contributed by atoms with E-state index in [1.54, 1.807) is 7.11 Å². The van der Waals surface area contributed by atoms with Gasteiger partial charge in [0, 0.05) is 5.41 Å². The van der Waals surface area contributed by atoms with Crippen molar-refractivity contribution in [3.63, 3.8) is 0 Å². The molecule has 1 aliphatic rings. The predicted octanol–water partition coefficient (Wildman–Crippen LogP) is 1.89. The van der Waals surface area contributed by atoms with Gasteiger partial charge in [0.1, 0.15) is 5.75 Å². The zero-order valence-corrected chi connectivity index (χ0v) is 8.71. The van der Waals surface area contributed by atoms with Crippen LogP contribution in [-0.4, -0.2) is 18.8 Å². The molecule has 0 heterocycles. The molecule has 1 atom stereocenters. The van der Waals surface area contributed by atoms with Crippen LogP contribution in [0.15, 0.2) is 18.2 Å². The zero-order valence-electron chi connectivity index (χ0n) is 8.71. The minimum absolute atomic E-state index is 0.0656. The van der Waals surface area contributed by atoms with Crippen molar-refractivity contribution in [3.8, 4) is 5.75 Å². The Bertz CT molecular complexity index is 346. The monoisotopic (exact) mass is 192 g/mol. The van der Waals surface area contributed by atoms with Gasteiger partial charge in [-0.25, -0.2) is 0 Å². The average Bonchev–Trinajstić information content (AvgIpc) is 2.57. The summed E-state index contributed by atoms with van der Waals surface area (Å²) in [6.45, 7) is 2.32. The molecule has 0 bridgehead atoms. The van der Waals surface area contributed by atoms with Crippen LogP contribution in [-0.2, 0) is 11.8 Å². The van der Waals surface area contributed by atoms with Crippen molar-refractivity contribution in [1.82, 2.24) is 0 Å². The maximum absolute atomic E-state index is 9.39. The number of methoxy groups -OCH3 is 1. The maximum Gasteiger partial charge on any atom is 0.119 e. The van der Waals surface area contributed by atoms with Crippen LogP contribution in [0.4, 0.5) is 0 Å². The van der Waals surface area contributed by atoms with Gasteiger partial charge in [-0.05, 0) is 36.1 Å². The van der Waals surface area contributed by atoms with Gasteiger partial charge in [-0.15, -0.1) is 0 Å². The standard InChI is InChI=1S/C12H16O2/c1-12(8-13)6-5-9-3-4-10(14-2)7-11(9)12/h3-4,7,13H,5-6,8H2,1-2H3/t12-/m0/s1. The number of fused-ring (bicyclic) bond motifs is 1. The molecule has 0 saturated heterocycles. The lowest BCUT2D eigenvalue weighted by Crippen LogP contribution is -2.22. The van der Waals surface area contributed by atoms with E-state index in [4.69, 9.17) is 4.74 Å². The lowest BCUT2D eigenvalue weighted by Gasteiger charge is -2.22. The van der Waals surface area contributed by atoms with Gasteiger partial charge < -0.3 is 9.84 Å². The van der Waals surface area contributed by atoms with Gasteiger partial charge in [0.15, 0.2) is 0 Å². The molecule has 0 fully saturated rings. The van der Waals surface area contributed by atoms with Gasteiger partial charge in [0.25, 0.3) is 0 Å². The second kappa shape index (κ2) is 3.28. The van der Waals surface area contributed by atoms with Crippen molar-refractivity contribution < 1.29 is 9.84 Å². The third kappa shape index (κ3) is 1.30. The van der Waals surface area contributed by atoms with Gasteiger partial charge in [-0.3, -0.25) is 0 Å². The van der Waals surface area contributed by atoms with E-state index in [2.05, 4.69) is 19.1 Å². The number of aryl methyl sites for hydroxylation is 1. The number of rotatable bonds is 2. The highest BCUT2D eigenvalue weighted by atomic mass is 16.5. The van der Waals surface area contributed by atoms with E-state index >= 15 is 0 Å². The molecule has 0 amide bonds. The molecule has 1 N–H and O–H groups in total. The molecule has 0 aliphatic heterocycles. The van der Waals surface area contributed by atoms with Gasteiger partial charge >= 0.3 is 0 Å².